The number of anilines is 1. The fourth-order valence-electron chi connectivity index (χ4n) is 2.01. The van der Waals surface area contributed by atoms with Gasteiger partial charge in [-0.3, -0.25) is 4.79 Å². The van der Waals surface area contributed by atoms with E-state index in [2.05, 4.69) is 11.5 Å². The molecule has 0 aliphatic heterocycles. The molecule has 0 aliphatic rings. The van der Waals surface area contributed by atoms with Crippen molar-refractivity contribution in [3.05, 3.63) is 43.0 Å². The minimum atomic E-state index is -0.743. The van der Waals surface area contributed by atoms with E-state index in [1.807, 2.05) is 36.4 Å². The second-order valence-corrected chi connectivity index (χ2v) is 4.60. The maximum Gasteiger partial charge on any atom is 0.305 e. The lowest BCUT2D eigenvalue weighted by Gasteiger charge is -2.24. The molecular formula is C16H23NO2. The van der Waals surface area contributed by atoms with Gasteiger partial charge in [-0.15, -0.1) is 6.58 Å². The third-order valence-corrected chi connectivity index (χ3v) is 3.05. The van der Waals surface area contributed by atoms with Crippen LogP contribution < -0.4 is 4.90 Å². The van der Waals surface area contributed by atoms with E-state index in [0.29, 0.717) is 6.54 Å². The fourth-order valence-corrected chi connectivity index (χ4v) is 2.01. The van der Waals surface area contributed by atoms with E-state index in [4.69, 9.17) is 5.11 Å². The van der Waals surface area contributed by atoms with Crippen molar-refractivity contribution in [2.45, 2.75) is 32.1 Å². The SMILES string of the molecule is C=CCCCCCN(CCC(=O)O)c1ccccc1. The number of hydrogen-bond donors (Lipinski definition) is 1. The van der Waals surface area contributed by atoms with E-state index >= 15 is 0 Å². The predicted molar refractivity (Wildman–Crippen MR) is 79.6 cm³/mol. The number of carbonyl (C=O) groups is 1. The molecule has 0 spiro atoms. The van der Waals surface area contributed by atoms with Crippen LogP contribution in [0.4, 0.5) is 5.69 Å². The number of benzene rings is 1. The standard InChI is InChI=1S/C16H23NO2/c1-2-3-4-5-9-13-17(14-12-16(18)19)15-10-7-6-8-11-15/h2,6-8,10-11H,1,3-5,9,12-14H2,(H,18,19). The molecule has 1 aromatic rings. The number of para-hydroxylation sites is 1. The van der Waals surface area contributed by atoms with E-state index in [9.17, 15) is 4.79 Å². The molecular weight excluding hydrogens is 238 g/mol. The van der Waals surface area contributed by atoms with Crippen LogP contribution in [0.3, 0.4) is 0 Å². The molecule has 0 heterocycles. The van der Waals surface area contributed by atoms with Crippen LogP contribution in [0.25, 0.3) is 0 Å². The third-order valence-electron chi connectivity index (χ3n) is 3.05. The fraction of sp³-hybridized carbons (Fsp3) is 0.438. The van der Waals surface area contributed by atoms with Gasteiger partial charge in [0.1, 0.15) is 0 Å². The molecule has 0 unspecified atom stereocenters. The summed E-state index contributed by atoms with van der Waals surface area (Å²) in [4.78, 5) is 12.9. The first-order valence-corrected chi connectivity index (χ1v) is 6.86. The summed E-state index contributed by atoms with van der Waals surface area (Å²) in [6, 6.07) is 10.0. The number of aliphatic carboxylic acids is 1. The zero-order chi connectivity index (χ0) is 13.9. The summed E-state index contributed by atoms with van der Waals surface area (Å²) in [6.07, 6.45) is 6.58. The summed E-state index contributed by atoms with van der Waals surface area (Å²) < 4.78 is 0. The Hall–Kier alpha value is -1.77. The van der Waals surface area contributed by atoms with Crippen molar-refractivity contribution in [1.29, 1.82) is 0 Å². The van der Waals surface area contributed by atoms with Crippen molar-refractivity contribution < 1.29 is 9.90 Å². The lowest BCUT2D eigenvalue weighted by atomic mass is 10.1. The Kier molecular flexibility index (Phi) is 7.40. The van der Waals surface area contributed by atoms with E-state index in [1.165, 1.54) is 0 Å². The minimum Gasteiger partial charge on any atom is -0.481 e. The molecule has 1 aromatic carbocycles. The quantitative estimate of drug-likeness (QED) is 0.515. The normalized spacial score (nSPS) is 10.1. The van der Waals surface area contributed by atoms with E-state index in [-0.39, 0.29) is 6.42 Å². The predicted octanol–water partition coefficient (Wildman–Crippen LogP) is 3.71. The first-order chi connectivity index (χ1) is 9.24. The molecule has 1 N–H and O–H groups in total. The Morgan fingerprint density at radius 2 is 1.89 bits per heavy atom. The molecule has 0 saturated heterocycles. The second kappa shape index (κ2) is 9.20. The zero-order valence-electron chi connectivity index (χ0n) is 11.4. The zero-order valence-corrected chi connectivity index (χ0v) is 11.4. The molecule has 0 fully saturated rings. The molecule has 0 radical (unpaired) electrons. The van der Waals surface area contributed by atoms with Crippen LogP contribution in [0.5, 0.6) is 0 Å². The van der Waals surface area contributed by atoms with Crippen LogP contribution in [0.2, 0.25) is 0 Å². The summed E-state index contributed by atoms with van der Waals surface area (Å²) in [5.41, 5.74) is 1.10. The maximum atomic E-state index is 10.7. The highest BCUT2D eigenvalue weighted by Gasteiger charge is 2.07. The van der Waals surface area contributed by atoms with Gasteiger partial charge in [0.2, 0.25) is 0 Å². The summed E-state index contributed by atoms with van der Waals surface area (Å²) in [5, 5.41) is 8.81. The molecule has 0 aliphatic carbocycles. The highest BCUT2D eigenvalue weighted by molar-refractivity contribution is 5.67. The van der Waals surface area contributed by atoms with Crippen LogP contribution >= 0.6 is 0 Å². The summed E-state index contributed by atoms with van der Waals surface area (Å²) in [6.45, 7) is 5.20. The molecule has 3 nitrogen and oxygen atoms in total. The number of rotatable bonds is 10. The summed E-state index contributed by atoms with van der Waals surface area (Å²) in [5.74, 6) is -0.743. The van der Waals surface area contributed by atoms with Gasteiger partial charge in [0.15, 0.2) is 0 Å². The van der Waals surface area contributed by atoms with Gasteiger partial charge < -0.3 is 10.0 Å². The third kappa shape index (κ3) is 6.65. The van der Waals surface area contributed by atoms with Crippen molar-refractivity contribution in [2.24, 2.45) is 0 Å². The number of carboxylic acids is 1. The lowest BCUT2D eigenvalue weighted by Crippen LogP contribution is -2.27. The van der Waals surface area contributed by atoms with Gasteiger partial charge in [0.05, 0.1) is 6.42 Å². The molecule has 0 amide bonds. The van der Waals surface area contributed by atoms with Gasteiger partial charge in [0.25, 0.3) is 0 Å². The Bertz CT molecular complexity index is 376. The molecule has 0 saturated carbocycles. The molecule has 3 heteroatoms. The van der Waals surface area contributed by atoms with Crippen LogP contribution in [0.1, 0.15) is 32.1 Å². The number of carboxylic acid groups (broad SMARTS) is 1. The highest BCUT2D eigenvalue weighted by atomic mass is 16.4. The monoisotopic (exact) mass is 261 g/mol. The first kappa shape index (κ1) is 15.3. The van der Waals surface area contributed by atoms with Crippen molar-refractivity contribution in [3.63, 3.8) is 0 Å². The van der Waals surface area contributed by atoms with E-state index < -0.39 is 5.97 Å². The maximum absolute atomic E-state index is 10.7. The number of unbranched alkanes of at least 4 members (excludes halogenated alkanes) is 3. The molecule has 0 aromatic heterocycles. The Morgan fingerprint density at radius 3 is 2.53 bits per heavy atom. The summed E-state index contributed by atoms with van der Waals surface area (Å²) in [7, 11) is 0. The number of allylic oxidation sites excluding steroid dienone is 1. The Balaban J connectivity index is 2.45. The largest absolute Gasteiger partial charge is 0.481 e. The van der Waals surface area contributed by atoms with Crippen LogP contribution in [0.15, 0.2) is 43.0 Å². The van der Waals surface area contributed by atoms with Gasteiger partial charge in [0, 0.05) is 18.8 Å². The summed E-state index contributed by atoms with van der Waals surface area (Å²) >= 11 is 0. The number of hydrogen-bond acceptors (Lipinski definition) is 2. The molecule has 0 atom stereocenters. The average molecular weight is 261 g/mol. The van der Waals surface area contributed by atoms with Crippen molar-refractivity contribution >= 4 is 11.7 Å². The topological polar surface area (TPSA) is 40.5 Å². The van der Waals surface area contributed by atoms with Crippen LogP contribution in [-0.2, 0) is 4.79 Å². The molecule has 19 heavy (non-hydrogen) atoms. The highest BCUT2D eigenvalue weighted by Crippen LogP contribution is 2.15. The van der Waals surface area contributed by atoms with Gasteiger partial charge in [-0.05, 0) is 31.4 Å². The van der Waals surface area contributed by atoms with Gasteiger partial charge in [-0.25, -0.2) is 0 Å². The van der Waals surface area contributed by atoms with Crippen LogP contribution in [0, 0.1) is 0 Å². The average Bonchev–Trinajstić information content (AvgIpc) is 2.42. The Labute approximate surface area is 115 Å². The van der Waals surface area contributed by atoms with Crippen LogP contribution in [-0.4, -0.2) is 24.2 Å². The number of nitrogens with zero attached hydrogens (tertiary/aromatic N) is 1. The molecule has 0 bridgehead atoms. The van der Waals surface area contributed by atoms with Crippen molar-refractivity contribution in [1.82, 2.24) is 0 Å². The van der Waals surface area contributed by atoms with Gasteiger partial charge in [-0.2, -0.15) is 0 Å². The van der Waals surface area contributed by atoms with E-state index in [0.717, 1.165) is 37.9 Å². The lowest BCUT2D eigenvalue weighted by molar-refractivity contribution is -0.136. The van der Waals surface area contributed by atoms with Crippen molar-refractivity contribution in [3.8, 4) is 0 Å². The Morgan fingerprint density at radius 1 is 1.16 bits per heavy atom. The van der Waals surface area contributed by atoms with Crippen molar-refractivity contribution in [2.75, 3.05) is 18.0 Å². The van der Waals surface area contributed by atoms with E-state index in [1.54, 1.807) is 0 Å². The molecule has 1 rings (SSSR count). The van der Waals surface area contributed by atoms with Gasteiger partial charge >= 0.3 is 5.97 Å². The first-order valence-electron chi connectivity index (χ1n) is 6.86. The second-order valence-electron chi connectivity index (χ2n) is 4.60. The van der Waals surface area contributed by atoms with Gasteiger partial charge in [-0.1, -0.05) is 30.7 Å². The minimum absolute atomic E-state index is 0.182. The molecule has 104 valence electrons. The smallest absolute Gasteiger partial charge is 0.305 e.